The van der Waals surface area contributed by atoms with Gasteiger partial charge in [-0.2, -0.15) is 0 Å². The van der Waals surface area contributed by atoms with E-state index in [9.17, 15) is 0 Å². The number of nitrogens with zero attached hydrogens (tertiary/aromatic N) is 1. The molecule has 0 aliphatic heterocycles. The van der Waals surface area contributed by atoms with Crippen LogP contribution in [0.25, 0.3) is 0 Å². The lowest BCUT2D eigenvalue weighted by Gasteiger charge is -2.26. The standard InChI is InChI=1S/C15H21BrN2/c1-17-14(15-13(16)3-2-6-18-15)9-12-8-10-4-5-11(12)7-10/h2-3,6,10-12,14,17H,4-5,7-9H2,1H3. The highest BCUT2D eigenvalue weighted by molar-refractivity contribution is 9.10. The second kappa shape index (κ2) is 5.30. The van der Waals surface area contributed by atoms with Crippen LogP contribution in [0.15, 0.2) is 22.8 Å². The molecule has 3 rings (SSSR count). The number of nitrogens with one attached hydrogen (secondary N) is 1. The minimum atomic E-state index is 0.393. The van der Waals surface area contributed by atoms with E-state index in [0.29, 0.717) is 6.04 Å². The zero-order valence-electron chi connectivity index (χ0n) is 10.9. The Labute approximate surface area is 118 Å². The van der Waals surface area contributed by atoms with Gasteiger partial charge in [0.15, 0.2) is 0 Å². The van der Waals surface area contributed by atoms with Crippen molar-refractivity contribution >= 4 is 15.9 Å². The van der Waals surface area contributed by atoms with Gasteiger partial charge in [0, 0.05) is 10.7 Å². The van der Waals surface area contributed by atoms with E-state index in [2.05, 4.69) is 39.3 Å². The number of fused-ring (bicyclic) bond motifs is 2. The van der Waals surface area contributed by atoms with E-state index in [0.717, 1.165) is 22.2 Å². The Bertz CT molecular complexity index is 421. The van der Waals surface area contributed by atoms with Crippen LogP contribution in [-0.2, 0) is 0 Å². The van der Waals surface area contributed by atoms with Gasteiger partial charge in [-0.15, -0.1) is 0 Å². The number of hydrogen-bond acceptors (Lipinski definition) is 2. The fraction of sp³-hybridized carbons (Fsp3) is 0.667. The summed E-state index contributed by atoms with van der Waals surface area (Å²) in [5, 5.41) is 3.45. The van der Waals surface area contributed by atoms with Crippen LogP contribution in [0.1, 0.15) is 43.8 Å². The molecule has 2 aliphatic rings. The third-order valence-corrected chi connectivity index (χ3v) is 5.56. The summed E-state index contributed by atoms with van der Waals surface area (Å²) in [4.78, 5) is 4.54. The maximum Gasteiger partial charge on any atom is 0.0714 e. The zero-order chi connectivity index (χ0) is 12.5. The van der Waals surface area contributed by atoms with Gasteiger partial charge >= 0.3 is 0 Å². The highest BCUT2D eigenvalue weighted by Gasteiger charge is 2.40. The van der Waals surface area contributed by atoms with Crippen molar-refractivity contribution in [3.05, 3.63) is 28.5 Å². The summed E-state index contributed by atoms with van der Waals surface area (Å²) in [5.74, 6) is 2.94. The smallest absolute Gasteiger partial charge is 0.0714 e. The predicted molar refractivity (Wildman–Crippen MR) is 77.3 cm³/mol. The van der Waals surface area contributed by atoms with Crippen LogP contribution in [0.2, 0.25) is 0 Å². The molecule has 0 aromatic carbocycles. The minimum Gasteiger partial charge on any atom is -0.312 e. The van der Waals surface area contributed by atoms with Gasteiger partial charge in [0.1, 0.15) is 0 Å². The Balaban J connectivity index is 1.72. The lowest BCUT2D eigenvalue weighted by atomic mass is 9.83. The van der Waals surface area contributed by atoms with E-state index in [1.54, 1.807) is 0 Å². The Morgan fingerprint density at radius 2 is 2.33 bits per heavy atom. The Morgan fingerprint density at radius 3 is 2.94 bits per heavy atom. The third-order valence-electron chi connectivity index (χ3n) is 4.89. The Kier molecular flexibility index (Phi) is 3.71. The molecule has 1 aromatic rings. The van der Waals surface area contributed by atoms with E-state index in [1.807, 2.05) is 12.3 Å². The number of pyridine rings is 1. The fourth-order valence-corrected chi connectivity index (χ4v) is 4.52. The normalized spacial score (nSPS) is 31.8. The summed E-state index contributed by atoms with van der Waals surface area (Å²) in [5.41, 5.74) is 1.17. The van der Waals surface area contributed by atoms with Crippen LogP contribution in [0.5, 0.6) is 0 Å². The average Bonchev–Trinajstić information content (AvgIpc) is 2.99. The van der Waals surface area contributed by atoms with Crippen molar-refractivity contribution in [3.8, 4) is 0 Å². The van der Waals surface area contributed by atoms with Crippen LogP contribution in [0.3, 0.4) is 0 Å². The summed E-state index contributed by atoms with van der Waals surface area (Å²) in [6.07, 6.45) is 9.03. The first-order valence-electron chi connectivity index (χ1n) is 7.05. The maximum atomic E-state index is 4.54. The molecule has 1 N–H and O–H groups in total. The van der Waals surface area contributed by atoms with Crippen LogP contribution < -0.4 is 5.32 Å². The Hall–Kier alpha value is -0.410. The zero-order valence-corrected chi connectivity index (χ0v) is 12.5. The van der Waals surface area contributed by atoms with E-state index in [4.69, 9.17) is 0 Å². The van der Waals surface area contributed by atoms with Crippen molar-refractivity contribution in [1.82, 2.24) is 10.3 Å². The first-order valence-corrected chi connectivity index (χ1v) is 7.85. The van der Waals surface area contributed by atoms with Crippen LogP contribution in [-0.4, -0.2) is 12.0 Å². The quantitative estimate of drug-likeness (QED) is 0.911. The summed E-state index contributed by atoms with van der Waals surface area (Å²) in [6.45, 7) is 0. The van der Waals surface area contributed by atoms with Gasteiger partial charge in [-0.3, -0.25) is 4.98 Å². The molecule has 0 amide bonds. The molecule has 0 saturated heterocycles. The molecule has 0 radical (unpaired) electrons. The van der Waals surface area contributed by atoms with E-state index < -0.39 is 0 Å². The highest BCUT2D eigenvalue weighted by Crippen LogP contribution is 2.51. The van der Waals surface area contributed by atoms with Crippen LogP contribution >= 0.6 is 15.9 Å². The van der Waals surface area contributed by atoms with Gasteiger partial charge in [-0.25, -0.2) is 0 Å². The molecule has 2 saturated carbocycles. The van der Waals surface area contributed by atoms with Crippen molar-refractivity contribution in [2.24, 2.45) is 17.8 Å². The lowest BCUT2D eigenvalue weighted by molar-refractivity contribution is 0.282. The van der Waals surface area contributed by atoms with Crippen molar-refractivity contribution in [1.29, 1.82) is 0 Å². The first kappa shape index (κ1) is 12.6. The van der Waals surface area contributed by atoms with E-state index >= 15 is 0 Å². The lowest BCUT2D eigenvalue weighted by Crippen LogP contribution is -2.23. The molecule has 4 atom stereocenters. The van der Waals surface area contributed by atoms with Gasteiger partial charge in [0.25, 0.3) is 0 Å². The molecule has 2 aliphatic carbocycles. The average molecular weight is 309 g/mol. The van der Waals surface area contributed by atoms with Crippen molar-refractivity contribution < 1.29 is 0 Å². The number of aromatic nitrogens is 1. The Morgan fingerprint density at radius 1 is 1.44 bits per heavy atom. The summed E-state index contributed by atoms with van der Waals surface area (Å²) < 4.78 is 1.13. The largest absolute Gasteiger partial charge is 0.312 e. The summed E-state index contributed by atoms with van der Waals surface area (Å²) in [7, 11) is 2.05. The predicted octanol–water partition coefficient (Wildman–Crippen LogP) is 3.93. The second-order valence-electron chi connectivity index (χ2n) is 5.88. The molecular formula is C15H21BrN2. The summed E-state index contributed by atoms with van der Waals surface area (Å²) in [6, 6.07) is 4.47. The van der Waals surface area contributed by atoms with Crippen molar-refractivity contribution in [2.45, 2.75) is 38.1 Å². The molecule has 1 heterocycles. The maximum absolute atomic E-state index is 4.54. The molecule has 18 heavy (non-hydrogen) atoms. The molecule has 1 aromatic heterocycles. The van der Waals surface area contributed by atoms with Gasteiger partial charge in [0.05, 0.1) is 11.7 Å². The first-order chi connectivity index (χ1) is 8.78. The van der Waals surface area contributed by atoms with Crippen LogP contribution in [0, 0.1) is 17.8 Å². The molecular weight excluding hydrogens is 288 g/mol. The topological polar surface area (TPSA) is 24.9 Å². The van der Waals surface area contributed by atoms with Gasteiger partial charge in [-0.1, -0.05) is 6.42 Å². The van der Waals surface area contributed by atoms with Gasteiger partial charge in [0.2, 0.25) is 0 Å². The molecule has 0 spiro atoms. The summed E-state index contributed by atoms with van der Waals surface area (Å²) >= 11 is 3.63. The third kappa shape index (κ3) is 2.35. The highest BCUT2D eigenvalue weighted by atomic mass is 79.9. The van der Waals surface area contributed by atoms with Gasteiger partial charge < -0.3 is 5.32 Å². The van der Waals surface area contributed by atoms with Gasteiger partial charge in [-0.05, 0) is 78.5 Å². The minimum absolute atomic E-state index is 0.393. The van der Waals surface area contributed by atoms with Crippen molar-refractivity contribution in [3.63, 3.8) is 0 Å². The monoisotopic (exact) mass is 308 g/mol. The number of halogens is 1. The van der Waals surface area contributed by atoms with E-state index in [1.165, 1.54) is 37.8 Å². The second-order valence-corrected chi connectivity index (χ2v) is 6.74. The SMILES string of the molecule is CNC(CC1CC2CCC1C2)c1ncccc1Br. The molecule has 2 bridgehead atoms. The fourth-order valence-electron chi connectivity index (χ4n) is 3.99. The van der Waals surface area contributed by atoms with E-state index in [-0.39, 0.29) is 0 Å². The number of hydrogen-bond donors (Lipinski definition) is 1. The van der Waals surface area contributed by atoms with Crippen LogP contribution in [0.4, 0.5) is 0 Å². The molecule has 3 heteroatoms. The molecule has 98 valence electrons. The van der Waals surface area contributed by atoms with Crippen molar-refractivity contribution in [2.75, 3.05) is 7.05 Å². The number of rotatable bonds is 4. The molecule has 4 unspecified atom stereocenters. The molecule has 2 nitrogen and oxygen atoms in total. The molecule has 2 fully saturated rings.